The fourth-order valence-electron chi connectivity index (χ4n) is 2.37. The van der Waals surface area contributed by atoms with E-state index >= 15 is 0 Å². The van der Waals surface area contributed by atoms with Crippen molar-refractivity contribution in [2.24, 2.45) is 0 Å². The molecule has 1 unspecified atom stereocenters. The zero-order valence-corrected chi connectivity index (χ0v) is 9.97. The molecule has 2 aromatic rings. The van der Waals surface area contributed by atoms with Crippen molar-refractivity contribution in [3.05, 3.63) is 41.3 Å². The van der Waals surface area contributed by atoms with E-state index in [4.69, 9.17) is 9.15 Å². The second-order valence-corrected chi connectivity index (χ2v) is 4.47. The number of hydrogen-bond acceptors (Lipinski definition) is 4. The fourth-order valence-corrected chi connectivity index (χ4v) is 2.37. The average Bonchev–Trinajstić information content (AvgIpc) is 2.98. The van der Waals surface area contributed by atoms with Crippen LogP contribution in [0.1, 0.15) is 36.1 Å². The summed E-state index contributed by atoms with van der Waals surface area (Å²) in [7, 11) is 0. The predicted octanol–water partition coefficient (Wildman–Crippen LogP) is 2.97. The van der Waals surface area contributed by atoms with Crippen molar-refractivity contribution in [3.63, 3.8) is 0 Å². The second-order valence-electron chi connectivity index (χ2n) is 4.47. The largest absolute Gasteiger partial charge is 0.416 e. The zero-order valence-electron chi connectivity index (χ0n) is 9.97. The molecule has 1 aromatic heterocycles. The maximum atomic E-state index is 10.4. The fraction of sp³-hybridized carbons (Fsp3) is 0.286. The van der Waals surface area contributed by atoms with E-state index in [-0.39, 0.29) is 11.8 Å². The summed E-state index contributed by atoms with van der Waals surface area (Å²) in [6.07, 6.45) is 5.11. The Hall–Kier alpha value is -2.10. The first-order valence-corrected chi connectivity index (χ1v) is 5.91. The standard InChI is InChI=1S/C14H12NO3/c1-9-5-6-12-11(9)3-2-4-13(12)18-14-15-10(7-16)8-17-14/h2-4,8-9H,5-6H2,1H3. The summed E-state index contributed by atoms with van der Waals surface area (Å²) >= 11 is 0. The lowest BCUT2D eigenvalue weighted by Gasteiger charge is -2.08. The Labute approximate surface area is 105 Å². The van der Waals surface area contributed by atoms with Crippen LogP contribution < -0.4 is 4.74 Å². The normalized spacial score (nSPS) is 17.5. The Kier molecular flexibility index (Phi) is 2.63. The molecule has 0 spiro atoms. The van der Waals surface area contributed by atoms with E-state index in [0.29, 0.717) is 5.92 Å². The van der Waals surface area contributed by atoms with Gasteiger partial charge < -0.3 is 9.15 Å². The molecule has 4 nitrogen and oxygen atoms in total. The molecule has 0 N–H and O–H groups in total. The van der Waals surface area contributed by atoms with E-state index in [1.165, 1.54) is 17.4 Å². The van der Waals surface area contributed by atoms with Crippen molar-refractivity contribution in [1.29, 1.82) is 0 Å². The van der Waals surface area contributed by atoms with Crippen molar-refractivity contribution >= 4 is 6.29 Å². The van der Waals surface area contributed by atoms with Crippen molar-refractivity contribution < 1.29 is 13.9 Å². The van der Waals surface area contributed by atoms with E-state index in [1.807, 2.05) is 12.1 Å². The first-order chi connectivity index (χ1) is 8.78. The summed E-state index contributed by atoms with van der Waals surface area (Å²) in [5, 5.41) is 0. The van der Waals surface area contributed by atoms with Gasteiger partial charge in [-0.15, -0.1) is 0 Å². The first kappa shape index (κ1) is 11.0. The molecule has 0 fully saturated rings. The minimum Gasteiger partial charge on any atom is -0.416 e. The van der Waals surface area contributed by atoms with E-state index in [9.17, 15) is 4.79 Å². The number of fused-ring (bicyclic) bond motifs is 1. The molecule has 0 amide bonds. The van der Waals surface area contributed by atoms with E-state index in [1.54, 1.807) is 6.29 Å². The van der Waals surface area contributed by atoms with Gasteiger partial charge in [-0.3, -0.25) is 4.79 Å². The Morgan fingerprint density at radius 1 is 1.50 bits per heavy atom. The third-order valence-corrected chi connectivity index (χ3v) is 3.31. The molecule has 1 atom stereocenters. The number of aromatic nitrogens is 1. The van der Waals surface area contributed by atoms with Crippen LogP contribution in [-0.4, -0.2) is 11.3 Å². The van der Waals surface area contributed by atoms with Crippen LogP contribution in [0.25, 0.3) is 0 Å². The SMILES string of the molecule is CC1CCc2c(Oc3nc([C]=O)co3)cccc21. The molecule has 0 saturated heterocycles. The van der Waals surface area contributed by atoms with Crippen LogP contribution in [0.3, 0.4) is 0 Å². The van der Waals surface area contributed by atoms with Crippen LogP contribution in [0.15, 0.2) is 28.9 Å². The maximum absolute atomic E-state index is 10.4. The van der Waals surface area contributed by atoms with Crippen molar-refractivity contribution in [1.82, 2.24) is 4.98 Å². The summed E-state index contributed by atoms with van der Waals surface area (Å²) in [5.41, 5.74) is 2.65. The van der Waals surface area contributed by atoms with Crippen LogP contribution in [0.5, 0.6) is 11.8 Å². The van der Waals surface area contributed by atoms with E-state index in [2.05, 4.69) is 18.0 Å². The van der Waals surface area contributed by atoms with Gasteiger partial charge in [0.2, 0.25) is 0 Å². The van der Waals surface area contributed by atoms with Crippen molar-refractivity contribution in [3.8, 4) is 11.8 Å². The lowest BCUT2D eigenvalue weighted by Crippen LogP contribution is -1.92. The van der Waals surface area contributed by atoms with Gasteiger partial charge in [0.25, 0.3) is 6.29 Å². The van der Waals surface area contributed by atoms with Crippen LogP contribution in [0, 0.1) is 0 Å². The van der Waals surface area contributed by atoms with Gasteiger partial charge in [0.05, 0.1) is 0 Å². The summed E-state index contributed by atoms with van der Waals surface area (Å²) in [6.45, 7) is 2.21. The van der Waals surface area contributed by atoms with Gasteiger partial charge in [0.1, 0.15) is 12.0 Å². The Morgan fingerprint density at radius 3 is 3.17 bits per heavy atom. The minimum absolute atomic E-state index is 0.0845. The van der Waals surface area contributed by atoms with Crippen LogP contribution >= 0.6 is 0 Å². The number of rotatable bonds is 3. The molecule has 91 valence electrons. The third-order valence-electron chi connectivity index (χ3n) is 3.31. The van der Waals surface area contributed by atoms with Gasteiger partial charge in [0, 0.05) is 0 Å². The highest BCUT2D eigenvalue weighted by atomic mass is 16.6. The zero-order chi connectivity index (χ0) is 12.5. The topological polar surface area (TPSA) is 52.3 Å². The quantitative estimate of drug-likeness (QED) is 0.830. The molecule has 0 aliphatic heterocycles. The molecular weight excluding hydrogens is 230 g/mol. The maximum Gasteiger partial charge on any atom is 0.399 e. The molecule has 4 heteroatoms. The van der Waals surface area contributed by atoms with Gasteiger partial charge >= 0.3 is 6.08 Å². The van der Waals surface area contributed by atoms with Crippen LogP contribution in [0.2, 0.25) is 0 Å². The Balaban J connectivity index is 1.91. The second kappa shape index (κ2) is 4.29. The van der Waals surface area contributed by atoms with Crippen LogP contribution in [0.4, 0.5) is 0 Å². The monoisotopic (exact) mass is 242 g/mol. The molecule has 0 bridgehead atoms. The molecule has 1 heterocycles. The van der Waals surface area contributed by atoms with E-state index in [0.717, 1.165) is 18.6 Å². The van der Waals surface area contributed by atoms with Gasteiger partial charge in [-0.1, -0.05) is 19.1 Å². The number of hydrogen-bond donors (Lipinski definition) is 0. The molecule has 1 aliphatic rings. The van der Waals surface area contributed by atoms with Gasteiger partial charge in [-0.2, -0.15) is 4.98 Å². The number of ether oxygens (including phenoxy) is 1. The lowest BCUT2D eigenvalue weighted by atomic mass is 10.0. The lowest BCUT2D eigenvalue weighted by molar-refractivity contribution is 0.328. The third kappa shape index (κ3) is 1.79. The molecule has 0 saturated carbocycles. The molecule has 1 aliphatic carbocycles. The Bertz CT molecular complexity index is 588. The molecule has 3 rings (SSSR count). The number of carbonyl (C=O) groups excluding carboxylic acids is 1. The van der Waals surface area contributed by atoms with Gasteiger partial charge in [-0.25, -0.2) is 0 Å². The summed E-state index contributed by atoms with van der Waals surface area (Å²) in [5.74, 6) is 1.32. The van der Waals surface area contributed by atoms with E-state index < -0.39 is 0 Å². The summed E-state index contributed by atoms with van der Waals surface area (Å²) in [6, 6.07) is 5.98. The molecular formula is C14H12NO3. The number of nitrogens with zero attached hydrogens (tertiary/aromatic N) is 1. The van der Waals surface area contributed by atoms with Crippen molar-refractivity contribution in [2.45, 2.75) is 25.7 Å². The summed E-state index contributed by atoms with van der Waals surface area (Å²) < 4.78 is 10.6. The molecule has 1 radical (unpaired) electrons. The van der Waals surface area contributed by atoms with Gasteiger partial charge in [0.15, 0.2) is 5.69 Å². The van der Waals surface area contributed by atoms with Crippen LogP contribution in [-0.2, 0) is 11.2 Å². The highest BCUT2D eigenvalue weighted by Gasteiger charge is 2.22. The van der Waals surface area contributed by atoms with Gasteiger partial charge in [-0.05, 0) is 36.0 Å². The smallest absolute Gasteiger partial charge is 0.399 e. The Morgan fingerprint density at radius 2 is 2.39 bits per heavy atom. The molecule has 18 heavy (non-hydrogen) atoms. The molecule has 1 aromatic carbocycles. The average molecular weight is 242 g/mol. The first-order valence-electron chi connectivity index (χ1n) is 5.91. The minimum atomic E-state index is 0.0845. The number of oxazole rings is 1. The number of benzene rings is 1. The predicted molar refractivity (Wildman–Crippen MR) is 64.6 cm³/mol. The van der Waals surface area contributed by atoms with Crippen molar-refractivity contribution in [2.75, 3.05) is 0 Å². The highest BCUT2D eigenvalue weighted by Crippen LogP contribution is 2.39. The summed E-state index contributed by atoms with van der Waals surface area (Å²) in [4.78, 5) is 14.3. The highest BCUT2D eigenvalue weighted by molar-refractivity contribution is 5.71.